The Morgan fingerprint density at radius 1 is 1.15 bits per heavy atom. The summed E-state index contributed by atoms with van der Waals surface area (Å²) in [5.41, 5.74) is 0.185. The largest absolute Gasteiger partial charge is 0.489 e. The summed E-state index contributed by atoms with van der Waals surface area (Å²) in [6.07, 6.45) is 1.26. The van der Waals surface area contributed by atoms with Crippen molar-refractivity contribution in [1.29, 1.82) is 0 Å². The Labute approximate surface area is 226 Å². The Kier molecular flexibility index (Phi) is 6.05. The number of benzene rings is 2. The van der Waals surface area contributed by atoms with Gasteiger partial charge in [-0.3, -0.25) is 14.2 Å². The molecule has 6 rings (SSSR count). The van der Waals surface area contributed by atoms with Crippen LogP contribution in [0.4, 0.5) is 14.6 Å². The van der Waals surface area contributed by atoms with Crippen molar-refractivity contribution in [2.75, 3.05) is 37.7 Å². The average Bonchev–Trinajstić information content (AvgIpc) is 2.89. The number of anilines is 1. The molecule has 0 spiro atoms. The topological polar surface area (TPSA) is 88.0 Å². The Hall–Kier alpha value is -3.99. The summed E-state index contributed by atoms with van der Waals surface area (Å²) in [4.78, 5) is 47.9. The molecule has 39 heavy (non-hydrogen) atoms. The molecule has 2 saturated heterocycles. The summed E-state index contributed by atoms with van der Waals surface area (Å²) in [7, 11) is 0. The maximum absolute atomic E-state index is 14.8. The molecule has 0 saturated carbocycles. The molecule has 2 bridgehead atoms. The predicted molar refractivity (Wildman–Crippen MR) is 141 cm³/mol. The number of halogens is 3. The van der Waals surface area contributed by atoms with Crippen LogP contribution < -0.4 is 15.3 Å². The van der Waals surface area contributed by atoms with E-state index in [4.69, 9.17) is 16.3 Å². The van der Waals surface area contributed by atoms with Gasteiger partial charge < -0.3 is 19.4 Å². The summed E-state index contributed by atoms with van der Waals surface area (Å²) in [5.74, 6) is -1.25. The zero-order valence-corrected chi connectivity index (χ0v) is 21.8. The van der Waals surface area contributed by atoms with E-state index in [0.717, 1.165) is 12.1 Å². The van der Waals surface area contributed by atoms with E-state index in [1.54, 1.807) is 15.9 Å². The zero-order chi connectivity index (χ0) is 27.6. The third-order valence-corrected chi connectivity index (χ3v) is 7.90. The van der Waals surface area contributed by atoms with Crippen molar-refractivity contribution in [3.05, 3.63) is 64.1 Å². The number of piperazine rings is 2. The fraction of sp³-hybridized carbons (Fsp3) is 0.333. The third kappa shape index (κ3) is 4.03. The lowest BCUT2D eigenvalue weighted by molar-refractivity contribution is -0.143. The first-order valence-electron chi connectivity index (χ1n) is 12.5. The Morgan fingerprint density at radius 3 is 2.51 bits per heavy atom. The lowest BCUT2D eigenvalue weighted by Crippen LogP contribution is -2.70. The van der Waals surface area contributed by atoms with Gasteiger partial charge in [0, 0.05) is 55.7 Å². The van der Waals surface area contributed by atoms with Crippen LogP contribution in [0.25, 0.3) is 22.0 Å². The van der Waals surface area contributed by atoms with Crippen molar-refractivity contribution in [3.63, 3.8) is 0 Å². The average molecular weight is 556 g/mol. The van der Waals surface area contributed by atoms with Crippen LogP contribution >= 0.6 is 11.6 Å². The van der Waals surface area contributed by atoms with Gasteiger partial charge in [-0.05, 0) is 24.3 Å². The summed E-state index contributed by atoms with van der Waals surface area (Å²) in [6.45, 7) is 6.79. The van der Waals surface area contributed by atoms with Crippen molar-refractivity contribution in [3.8, 4) is 16.9 Å². The lowest BCUT2D eigenvalue weighted by Gasteiger charge is -2.53. The first-order valence-corrected chi connectivity index (χ1v) is 12.9. The monoisotopic (exact) mass is 555 g/mol. The fourth-order valence-electron chi connectivity index (χ4n) is 5.96. The van der Waals surface area contributed by atoms with Gasteiger partial charge in [0.1, 0.15) is 24.1 Å². The van der Waals surface area contributed by atoms with Crippen LogP contribution in [0.2, 0.25) is 5.02 Å². The molecule has 2 atom stereocenters. The van der Waals surface area contributed by atoms with Crippen LogP contribution in [-0.4, -0.2) is 76.0 Å². The van der Waals surface area contributed by atoms with E-state index in [9.17, 15) is 23.2 Å². The molecule has 12 heteroatoms. The molecule has 0 radical (unpaired) electrons. The van der Waals surface area contributed by atoms with Crippen LogP contribution in [-0.2, 0) is 16.1 Å². The highest BCUT2D eigenvalue weighted by molar-refractivity contribution is 6.35. The van der Waals surface area contributed by atoms with Crippen molar-refractivity contribution < 1.29 is 23.1 Å². The van der Waals surface area contributed by atoms with Gasteiger partial charge in [-0.1, -0.05) is 18.2 Å². The van der Waals surface area contributed by atoms with Crippen LogP contribution in [0.5, 0.6) is 5.75 Å². The Bertz CT molecular complexity index is 1610. The molecule has 9 nitrogen and oxygen atoms in total. The van der Waals surface area contributed by atoms with Crippen LogP contribution in [0.15, 0.2) is 41.7 Å². The van der Waals surface area contributed by atoms with E-state index in [1.807, 2.05) is 4.90 Å². The second-order valence-electron chi connectivity index (χ2n) is 9.89. The van der Waals surface area contributed by atoms with E-state index in [-0.39, 0.29) is 58.9 Å². The summed E-state index contributed by atoms with van der Waals surface area (Å²) >= 11 is 6.71. The molecule has 3 aliphatic heterocycles. The molecule has 3 aliphatic rings. The van der Waals surface area contributed by atoms with Gasteiger partial charge in [0.15, 0.2) is 5.75 Å². The minimum atomic E-state index is -0.810. The lowest BCUT2D eigenvalue weighted by atomic mass is 9.98. The molecule has 0 aliphatic carbocycles. The molecular formula is C27H24ClF2N5O4. The summed E-state index contributed by atoms with van der Waals surface area (Å²) in [5, 5.41) is 0.687. The molecular weight excluding hydrogens is 532 g/mol. The first kappa shape index (κ1) is 25.3. The SMILES string of the molecule is C=CC(=O)N1C2CN(C(C)=O)CC1CN(c1nc(=O)n3c4c(c(-c5ccc(F)cc5F)c(Cl)cc14)OCC3)C2. The molecule has 2 amide bonds. The molecule has 1 aromatic heterocycles. The van der Waals surface area contributed by atoms with Crippen molar-refractivity contribution >= 4 is 40.1 Å². The van der Waals surface area contributed by atoms with Gasteiger partial charge >= 0.3 is 5.69 Å². The molecule has 3 aromatic rings. The fourth-order valence-corrected chi connectivity index (χ4v) is 6.26. The highest BCUT2D eigenvalue weighted by Crippen LogP contribution is 2.46. The number of carbonyl (C=O) groups is 2. The number of ether oxygens (including phenoxy) is 1. The normalized spacial score (nSPS) is 20.2. The highest BCUT2D eigenvalue weighted by Gasteiger charge is 2.44. The van der Waals surface area contributed by atoms with Gasteiger partial charge in [0.2, 0.25) is 11.8 Å². The van der Waals surface area contributed by atoms with E-state index >= 15 is 0 Å². The van der Waals surface area contributed by atoms with Crippen LogP contribution in [0.1, 0.15) is 6.92 Å². The number of nitrogens with zero attached hydrogens (tertiary/aromatic N) is 5. The molecule has 202 valence electrons. The maximum atomic E-state index is 14.8. The molecule has 4 heterocycles. The van der Waals surface area contributed by atoms with Crippen molar-refractivity contribution in [2.24, 2.45) is 0 Å². The number of rotatable bonds is 3. The summed E-state index contributed by atoms with van der Waals surface area (Å²) in [6, 6.07) is 4.10. The second kappa shape index (κ2) is 9.33. The van der Waals surface area contributed by atoms with E-state index in [0.29, 0.717) is 42.9 Å². The zero-order valence-electron chi connectivity index (χ0n) is 21.0. The number of aromatic nitrogens is 2. The van der Waals surface area contributed by atoms with Gasteiger partial charge in [-0.25, -0.2) is 13.6 Å². The number of amides is 2. The van der Waals surface area contributed by atoms with E-state index in [1.165, 1.54) is 23.6 Å². The number of carbonyl (C=O) groups excluding carboxylic acids is 2. The Morgan fingerprint density at radius 2 is 1.87 bits per heavy atom. The molecule has 2 aromatic carbocycles. The van der Waals surface area contributed by atoms with Crippen LogP contribution in [0, 0.1) is 11.6 Å². The highest BCUT2D eigenvalue weighted by atomic mass is 35.5. The summed E-state index contributed by atoms with van der Waals surface area (Å²) < 4.78 is 35.9. The predicted octanol–water partition coefficient (Wildman–Crippen LogP) is 2.82. The number of hydrogen-bond acceptors (Lipinski definition) is 6. The number of hydrogen-bond donors (Lipinski definition) is 0. The van der Waals surface area contributed by atoms with E-state index < -0.39 is 17.3 Å². The minimum absolute atomic E-state index is 0.0490. The quantitative estimate of drug-likeness (QED) is 0.462. The van der Waals surface area contributed by atoms with Gasteiger partial charge in [-0.2, -0.15) is 4.98 Å². The van der Waals surface area contributed by atoms with Gasteiger partial charge in [0.25, 0.3) is 0 Å². The Balaban J connectivity index is 1.51. The molecule has 2 fully saturated rings. The van der Waals surface area contributed by atoms with Crippen LogP contribution in [0.3, 0.4) is 0 Å². The van der Waals surface area contributed by atoms with E-state index in [2.05, 4.69) is 11.6 Å². The minimum Gasteiger partial charge on any atom is -0.489 e. The number of fused-ring (bicyclic) bond motifs is 2. The third-order valence-electron chi connectivity index (χ3n) is 7.60. The van der Waals surface area contributed by atoms with Crippen molar-refractivity contribution in [2.45, 2.75) is 25.6 Å². The smallest absolute Gasteiger partial charge is 0.350 e. The molecule has 0 N–H and O–H groups in total. The van der Waals surface area contributed by atoms with Gasteiger partial charge in [-0.15, -0.1) is 0 Å². The standard InChI is InChI=1S/C27H24ClF2N5O4/c1-3-22(37)35-16-10-32(14(2)36)11-17(35)13-33(12-16)26-19-9-20(28)23(18-5-4-15(29)8-21(18)30)25-24(19)34(6-7-39-25)27(38)31-26/h3-5,8-9,16-17H,1,6-7,10-13H2,2H3. The molecule has 2 unspecified atom stereocenters. The van der Waals surface area contributed by atoms with Gasteiger partial charge in [0.05, 0.1) is 29.2 Å². The first-order chi connectivity index (χ1) is 18.7. The maximum Gasteiger partial charge on any atom is 0.350 e. The van der Waals surface area contributed by atoms with Crippen molar-refractivity contribution in [1.82, 2.24) is 19.4 Å². The second-order valence-corrected chi connectivity index (χ2v) is 10.3.